The van der Waals surface area contributed by atoms with E-state index >= 15 is 0 Å². The van der Waals surface area contributed by atoms with E-state index < -0.39 is 0 Å². The monoisotopic (exact) mass is 405 g/mol. The molecule has 1 aliphatic carbocycles. The molecule has 3 rings (SSSR count). The van der Waals surface area contributed by atoms with Crippen molar-refractivity contribution in [1.82, 2.24) is 14.9 Å². The molecule has 0 aliphatic heterocycles. The van der Waals surface area contributed by atoms with Crippen LogP contribution in [0.3, 0.4) is 0 Å². The third-order valence-electron chi connectivity index (χ3n) is 5.13. The van der Waals surface area contributed by atoms with Gasteiger partial charge >= 0.3 is 5.97 Å². The summed E-state index contributed by atoms with van der Waals surface area (Å²) in [4.78, 5) is 42.5. The van der Waals surface area contributed by atoms with Crippen LogP contribution >= 0.6 is 11.3 Å². The first-order valence-corrected chi connectivity index (χ1v) is 10.7. The Morgan fingerprint density at radius 3 is 2.86 bits per heavy atom. The molecule has 1 aliphatic rings. The standard InChI is InChI=1S/C20H27N3O4S/c1-27-17(25)9-3-2-6-11-21-16(24)10-12-23-13-22-19-18(20(23)26)14-7-4-5-8-15(14)28-19/h13H,2-12H2,1H3,(H,21,24). The second-order valence-electron chi connectivity index (χ2n) is 7.12. The van der Waals surface area contributed by atoms with Crippen LogP contribution in [0.25, 0.3) is 10.2 Å². The van der Waals surface area contributed by atoms with Crippen molar-refractivity contribution in [3.05, 3.63) is 27.1 Å². The number of fused-ring (bicyclic) bond motifs is 3. The van der Waals surface area contributed by atoms with Crippen molar-refractivity contribution in [3.63, 3.8) is 0 Å². The van der Waals surface area contributed by atoms with Gasteiger partial charge in [0.2, 0.25) is 5.91 Å². The summed E-state index contributed by atoms with van der Waals surface area (Å²) < 4.78 is 6.15. The molecule has 0 bridgehead atoms. The van der Waals surface area contributed by atoms with Gasteiger partial charge in [-0.15, -0.1) is 11.3 Å². The number of thiophene rings is 1. The number of carbonyl (C=O) groups excluding carboxylic acids is 2. The zero-order chi connectivity index (χ0) is 19.9. The van der Waals surface area contributed by atoms with E-state index in [1.54, 1.807) is 22.2 Å². The zero-order valence-corrected chi connectivity index (χ0v) is 17.1. The summed E-state index contributed by atoms with van der Waals surface area (Å²) in [6.45, 7) is 0.908. The maximum atomic E-state index is 12.8. The Hall–Kier alpha value is -2.22. The fourth-order valence-electron chi connectivity index (χ4n) is 3.55. The molecule has 0 unspecified atom stereocenters. The van der Waals surface area contributed by atoms with Crippen LogP contribution in [0.5, 0.6) is 0 Å². The highest BCUT2D eigenvalue weighted by molar-refractivity contribution is 7.18. The highest BCUT2D eigenvalue weighted by Crippen LogP contribution is 2.33. The van der Waals surface area contributed by atoms with Crippen LogP contribution in [0.2, 0.25) is 0 Å². The molecule has 8 heteroatoms. The van der Waals surface area contributed by atoms with Crippen LogP contribution in [0.1, 0.15) is 55.4 Å². The van der Waals surface area contributed by atoms with Gasteiger partial charge in [-0.1, -0.05) is 6.42 Å². The van der Waals surface area contributed by atoms with E-state index in [2.05, 4.69) is 15.0 Å². The minimum atomic E-state index is -0.202. The number of aromatic nitrogens is 2. The maximum Gasteiger partial charge on any atom is 0.305 e. The Morgan fingerprint density at radius 2 is 2.04 bits per heavy atom. The van der Waals surface area contributed by atoms with Gasteiger partial charge in [-0.2, -0.15) is 0 Å². The molecule has 2 aromatic heterocycles. The fourth-order valence-corrected chi connectivity index (χ4v) is 4.77. The van der Waals surface area contributed by atoms with Crippen molar-refractivity contribution < 1.29 is 14.3 Å². The van der Waals surface area contributed by atoms with E-state index in [9.17, 15) is 14.4 Å². The third-order valence-corrected chi connectivity index (χ3v) is 6.33. The third kappa shape index (κ3) is 4.98. The molecule has 0 atom stereocenters. The lowest BCUT2D eigenvalue weighted by atomic mass is 9.97. The molecule has 0 saturated carbocycles. The Bertz CT molecular complexity index is 903. The van der Waals surface area contributed by atoms with Crippen molar-refractivity contribution in [2.75, 3.05) is 13.7 Å². The van der Waals surface area contributed by atoms with Crippen molar-refractivity contribution in [2.45, 2.75) is 64.3 Å². The number of hydrogen-bond acceptors (Lipinski definition) is 6. The first-order chi connectivity index (χ1) is 13.6. The maximum absolute atomic E-state index is 12.8. The summed E-state index contributed by atoms with van der Waals surface area (Å²) in [5, 5.41) is 3.63. The SMILES string of the molecule is COC(=O)CCCCCNC(=O)CCn1cnc2sc3c(c2c1=O)CCCC3. The minimum absolute atomic E-state index is 0.0278. The molecule has 0 fully saturated rings. The van der Waals surface area contributed by atoms with Crippen molar-refractivity contribution in [2.24, 2.45) is 0 Å². The lowest BCUT2D eigenvalue weighted by Gasteiger charge is -2.10. The summed E-state index contributed by atoms with van der Waals surface area (Å²) in [7, 11) is 1.38. The van der Waals surface area contributed by atoms with E-state index in [4.69, 9.17) is 0 Å². The van der Waals surface area contributed by atoms with E-state index in [-0.39, 0.29) is 23.9 Å². The summed E-state index contributed by atoms with van der Waals surface area (Å²) in [5.41, 5.74) is 1.15. The molecule has 2 heterocycles. The average Bonchev–Trinajstić information content (AvgIpc) is 3.09. The average molecular weight is 406 g/mol. The molecule has 0 aromatic carbocycles. The Balaban J connectivity index is 1.47. The molecule has 1 amide bonds. The molecule has 28 heavy (non-hydrogen) atoms. The second-order valence-corrected chi connectivity index (χ2v) is 8.20. The number of methoxy groups -OCH3 is 1. The number of hydrogen-bond donors (Lipinski definition) is 1. The molecular formula is C20H27N3O4S. The van der Waals surface area contributed by atoms with Crippen LogP contribution in [0.15, 0.2) is 11.1 Å². The predicted molar refractivity (Wildman–Crippen MR) is 109 cm³/mol. The number of aryl methyl sites for hydroxylation is 3. The van der Waals surface area contributed by atoms with Crippen LogP contribution in [0.4, 0.5) is 0 Å². The summed E-state index contributed by atoms with van der Waals surface area (Å²) in [6.07, 6.45) is 8.95. The number of amides is 1. The summed E-state index contributed by atoms with van der Waals surface area (Å²) in [5.74, 6) is -0.278. The second kappa shape index (κ2) is 9.82. The van der Waals surface area contributed by atoms with Gasteiger partial charge in [0, 0.05) is 30.8 Å². The number of nitrogens with zero attached hydrogens (tertiary/aromatic N) is 2. The number of rotatable bonds is 9. The first-order valence-electron chi connectivity index (χ1n) is 9.93. The normalized spacial score (nSPS) is 13.3. The van der Waals surface area contributed by atoms with E-state index in [0.29, 0.717) is 19.5 Å². The number of carbonyl (C=O) groups is 2. The zero-order valence-electron chi connectivity index (χ0n) is 16.3. The van der Waals surface area contributed by atoms with Gasteiger partial charge in [-0.25, -0.2) is 4.98 Å². The van der Waals surface area contributed by atoms with Crippen LogP contribution in [0, 0.1) is 0 Å². The Morgan fingerprint density at radius 1 is 1.21 bits per heavy atom. The van der Waals surface area contributed by atoms with Gasteiger partial charge in [0.15, 0.2) is 0 Å². The van der Waals surface area contributed by atoms with Gasteiger partial charge in [-0.3, -0.25) is 19.0 Å². The minimum Gasteiger partial charge on any atom is -0.469 e. The topological polar surface area (TPSA) is 90.3 Å². The molecule has 1 N–H and O–H groups in total. The van der Waals surface area contributed by atoms with Crippen LogP contribution < -0.4 is 10.9 Å². The van der Waals surface area contributed by atoms with Gasteiger partial charge < -0.3 is 10.1 Å². The quantitative estimate of drug-likeness (QED) is 0.511. The van der Waals surface area contributed by atoms with Gasteiger partial charge in [-0.05, 0) is 44.1 Å². The smallest absolute Gasteiger partial charge is 0.305 e. The summed E-state index contributed by atoms with van der Waals surface area (Å²) >= 11 is 1.63. The van der Waals surface area contributed by atoms with E-state index in [0.717, 1.165) is 48.7 Å². The molecule has 0 saturated heterocycles. The first kappa shape index (κ1) is 20.5. The largest absolute Gasteiger partial charge is 0.469 e. The van der Waals surface area contributed by atoms with Gasteiger partial charge in [0.1, 0.15) is 4.83 Å². The Labute approximate surface area is 168 Å². The van der Waals surface area contributed by atoms with Crippen molar-refractivity contribution in [3.8, 4) is 0 Å². The molecule has 7 nitrogen and oxygen atoms in total. The number of unbranched alkanes of at least 4 members (excludes halogenated alkanes) is 2. The van der Waals surface area contributed by atoms with Crippen molar-refractivity contribution in [1.29, 1.82) is 0 Å². The molecule has 152 valence electrons. The molecule has 2 aromatic rings. The predicted octanol–water partition coefficient (Wildman–Crippen LogP) is 2.58. The van der Waals surface area contributed by atoms with Crippen LogP contribution in [-0.2, 0) is 33.7 Å². The van der Waals surface area contributed by atoms with E-state index in [1.807, 2.05) is 0 Å². The lowest BCUT2D eigenvalue weighted by Crippen LogP contribution is -2.28. The molecular weight excluding hydrogens is 378 g/mol. The van der Waals surface area contributed by atoms with Crippen LogP contribution in [-0.4, -0.2) is 35.1 Å². The molecule has 0 spiro atoms. The number of ether oxygens (including phenoxy) is 1. The van der Waals surface area contributed by atoms with Gasteiger partial charge in [0.25, 0.3) is 5.56 Å². The van der Waals surface area contributed by atoms with Gasteiger partial charge in [0.05, 0.1) is 18.8 Å². The number of esters is 1. The van der Waals surface area contributed by atoms with E-state index in [1.165, 1.54) is 24.0 Å². The summed E-state index contributed by atoms with van der Waals surface area (Å²) in [6, 6.07) is 0. The number of nitrogens with one attached hydrogen (secondary N) is 1. The fraction of sp³-hybridized carbons (Fsp3) is 0.600. The lowest BCUT2D eigenvalue weighted by molar-refractivity contribution is -0.140. The Kier molecular flexibility index (Phi) is 7.19. The highest BCUT2D eigenvalue weighted by atomic mass is 32.1. The van der Waals surface area contributed by atoms with Crippen molar-refractivity contribution >= 4 is 33.4 Å². The molecule has 0 radical (unpaired) electrons. The highest BCUT2D eigenvalue weighted by Gasteiger charge is 2.20.